The Hall–Kier alpha value is -2.02. The van der Waals surface area contributed by atoms with E-state index in [0.29, 0.717) is 0 Å². The molecule has 0 bridgehead atoms. The van der Waals surface area contributed by atoms with Gasteiger partial charge in [-0.2, -0.15) is 5.10 Å². The van der Waals surface area contributed by atoms with Crippen LogP contribution in [0.2, 0.25) is 0 Å². The Labute approximate surface area is 103 Å². The zero-order valence-corrected chi connectivity index (χ0v) is 10.3. The highest BCUT2D eigenvalue weighted by atomic mass is 19.1. The van der Waals surface area contributed by atoms with Crippen LogP contribution in [0.25, 0.3) is 5.82 Å². The van der Waals surface area contributed by atoms with Crippen LogP contribution in [0.15, 0.2) is 6.07 Å². The van der Waals surface area contributed by atoms with Gasteiger partial charge in [0.15, 0.2) is 23.3 Å². The van der Waals surface area contributed by atoms with Crippen LogP contribution in [0.3, 0.4) is 0 Å². The molecule has 7 heteroatoms. The van der Waals surface area contributed by atoms with Crippen molar-refractivity contribution < 1.29 is 8.78 Å². The van der Waals surface area contributed by atoms with Crippen LogP contribution in [0.4, 0.5) is 14.6 Å². The molecule has 0 saturated carbocycles. The van der Waals surface area contributed by atoms with E-state index in [-0.39, 0.29) is 11.6 Å². The number of aromatic nitrogens is 3. The number of nitrogen functional groups attached to an aromatic ring is 1. The first-order valence-corrected chi connectivity index (χ1v) is 5.31. The average Bonchev–Trinajstić information content (AvgIpc) is 2.57. The molecule has 0 aliphatic heterocycles. The molecular weight excluding hydrogens is 240 g/mol. The van der Waals surface area contributed by atoms with Crippen LogP contribution in [0.1, 0.15) is 17.0 Å². The number of halogens is 2. The van der Waals surface area contributed by atoms with Crippen LogP contribution < -0.4 is 11.3 Å². The Kier molecular flexibility index (Phi) is 3.00. The van der Waals surface area contributed by atoms with Gasteiger partial charge in [-0.3, -0.25) is 0 Å². The number of nitrogens with zero attached hydrogens (tertiary/aromatic N) is 3. The largest absolute Gasteiger partial charge is 0.306 e. The second kappa shape index (κ2) is 4.34. The monoisotopic (exact) mass is 253 g/mol. The van der Waals surface area contributed by atoms with E-state index in [9.17, 15) is 8.78 Å². The van der Waals surface area contributed by atoms with Gasteiger partial charge < -0.3 is 5.43 Å². The highest BCUT2D eigenvalue weighted by Crippen LogP contribution is 2.21. The fraction of sp³-hybridized carbons (Fsp3) is 0.273. The minimum Gasteiger partial charge on any atom is -0.306 e. The number of anilines is 1. The minimum absolute atomic E-state index is 0.0851. The minimum atomic E-state index is -0.850. The van der Waals surface area contributed by atoms with Crippen LogP contribution in [0, 0.1) is 32.4 Å². The molecule has 0 radical (unpaired) electrons. The van der Waals surface area contributed by atoms with Crippen molar-refractivity contribution in [2.75, 3.05) is 5.43 Å². The molecule has 2 rings (SSSR count). The number of rotatable bonds is 2. The predicted molar refractivity (Wildman–Crippen MR) is 63.3 cm³/mol. The van der Waals surface area contributed by atoms with E-state index in [1.807, 2.05) is 13.8 Å². The summed E-state index contributed by atoms with van der Waals surface area (Å²) < 4.78 is 28.3. The van der Waals surface area contributed by atoms with Crippen molar-refractivity contribution in [3.8, 4) is 5.82 Å². The van der Waals surface area contributed by atoms with Crippen molar-refractivity contribution in [1.29, 1.82) is 0 Å². The lowest BCUT2D eigenvalue weighted by atomic mass is 10.2. The third-order valence-electron chi connectivity index (χ3n) is 2.90. The standard InChI is InChI=1S/C11H13F2N5/c1-5-6(2)17-18(7(5)3)11-9(13)4-8(12)10(15-11)16-14/h4H,14H2,1-3H3,(H,15,16). The molecule has 0 fully saturated rings. The molecule has 18 heavy (non-hydrogen) atoms. The van der Waals surface area contributed by atoms with Gasteiger partial charge in [-0.1, -0.05) is 0 Å². The third-order valence-corrected chi connectivity index (χ3v) is 2.90. The molecule has 2 heterocycles. The van der Waals surface area contributed by atoms with E-state index in [0.717, 1.165) is 23.0 Å². The summed E-state index contributed by atoms with van der Waals surface area (Å²) in [5.41, 5.74) is 4.52. The predicted octanol–water partition coefficient (Wildman–Crippen LogP) is 1.76. The maximum Gasteiger partial charge on any atom is 0.192 e. The summed E-state index contributed by atoms with van der Waals surface area (Å²) in [7, 11) is 0. The number of hydrogen-bond donors (Lipinski definition) is 2. The molecule has 0 spiro atoms. The molecule has 0 aliphatic rings. The first-order chi connectivity index (χ1) is 8.45. The average molecular weight is 253 g/mol. The van der Waals surface area contributed by atoms with Crippen LogP contribution >= 0.6 is 0 Å². The second-order valence-electron chi connectivity index (χ2n) is 3.98. The Morgan fingerprint density at radius 2 is 1.89 bits per heavy atom. The van der Waals surface area contributed by atoms with Gasteiger partial charge in [-0.25, -0.2) is 24.3 Å². The molecular formula is C11H13F2N5. The maximum atomic E-state index is 13.7. The molecule has 3 N–H and O–H groups in total. The van der Waals surface area contributed by atoms with Crippen molar-refractivity contribution in [2.24, 2.45) is 5.84 Å². The Bertz CT molecular complexity index is 606. The number of aryl methyl sites for hydroxylation is 1. The summed E-state index contributed by atoms with van der Waals surface area (Å²) >= 11 is 0. The van der Waals surface area contributed by atoms with Gasteiger partial charge in [-0.15, -0.1) is 0 Å². The molecule has 0 aromatic carbocycles. The molecule has 0 atom stereocenters. The van der Waals surface area contributed by atoms with Crippen molar-refractivity contribution in [3.05, 3.63) is 34.7 Å². The summed E-state index contributed by atoms with van der Waals surface area (Å²) in [4.78, 5) is 3.79. The van der Waals surface area contributed by atoms with E-state index in [2.05, 4.69) is 15.5 Å². The van der Waals surface area contributed by atoms with Gasteiger partial charge in [-0.05, 0) is 26.3 Å². The van der Waals surface area contributed by atoms with Crippen molar-refractivity contribution >= 4 is 5.82 Å². The Morgan fingerprint density at radius 1 is 1.22 bits per heavy atom. The highest BCUT2D eigenvalue weighted by Gasteiger charge is 2.17. The van der Waals surface area contributed by atoms with Gasteiger partial charge in [0.2, 0.25) is 0 Å². The normalized spacial score (nSPS) is 10.8. The maximum absolute atomic E-state index is 13.7. The van der Waals surface area contributed by atoms with Crippen LogP contribution in [0.5, 0.6) is 0 Å². The molecule has 0 unspecified atom stereocenters. The second-order valence-corrected chi connectivity index (χ2v) is 3.98. The first-order valence-electron chi connectivity index (χ1n) is 5.31. The lowest BCUT2D eigenvalue weighted by Gasteiger charge is -2.08. The lowest BCUT2D eigenvalue weighted by molar-refractivity contribution is 0.561. The third kappa shape index (κ3) is 1.82. The summed E-state index contributed by atoms with van der Waals surface area (Å²) in [6.07, 6.45) is 0. The van der Waals surface area contributed by atoms with Crippen LogP contribution in [-0.2, 0) is 0 Å². The molecule has 2 aromatic heterocycles. The number of hydrazine groups is 1. The zero-order valence-electron chi connectivity index (χ0n) is 10.3. The van der Waals surface area contributed by atoms with Gasteiger partial charge in [0, 0.05) is 11.8 Å². The van der Waals surface area contributed by atoms with Crippen molar-refractivity contribution in [3.63, 3.8) is 0 Å². The first kappa shape index (κ1) is 12.4. The molecule has 2 aromatic rings. The Morgan fingerprint density at radius 3 is 2.39 bits per heavy atom. The fourth-order valence-electron chi connectivity index (χ4n) is 1.63. The molecule has 0 amide bonds. The van der Waals surface area contributed by atoms with E-state index in [4.69, 9.17) is 5.84 Å². The van der Waals surface area contributed by atoms with Gasteiger partial charge in [0.25, 0.3) is 0 Å². The van der Waals surface area contributed by atoms with Crippen LogP contribution in [-0.4, -0.2) is 14.8 Å². The van der Waals surface area contributed by atoms with Crippen molar-refractivity contribution in [2.45, 2.75) is 20.8 Å². The zero-order chi connectivity index (χ0) is 13.4. The lowest BCUT2D eigenvalue weighted by Crippen LogP contribution is -2.14. The number of pyridine rings is 1. The van der Waals surface area contributed by atoms with E-state index < -0.39 is 11.6 Å². The summed E-state index contributed by atoms with van der Waals surface area (Å²) in [6, 6.07) is 0.726. The molecule has 0 saturated heterocycles. The highest BCUT2D eigenvalue weighted by molar-refractivity contribution is 5.42. The van der Waals surface area contributed by atoms with Gasteiger partial charge in [0.05, 0.1) is 5.69 Å². The summed E-state index contributed by atoms with van der Waals surface area (Å²) in [6.45, 7) is 5.47. The number of hydrogen-bond acceptors (Lipinski definition) is 4. The molecule has 96 valence electrons. The SMILES string of the molecule is Cc1nn(-c2nc(NN)c(F)cc2F)c(C)c1C. The van der Waals surface area contributed by atoms with Gasteiger partial charge in [0.1, 0.15) is 0 Å². The van der Waals surface area contributed by atoms with Crippen molar-refractivity contribution in [1.82, 2.24) is 14.8 Å². The summed E-state index contributed by atoms with van der Waals surface area (Å²) in [5, 5.41) is 4.17. The van der Waals surface area contributed by atoms with E-state index in [1.54, 1.807) is 6.92 Å². The van der Waals surface area contributed by atoms with E-state index >= 15 is 0 Å². The molecule has 5 nitrogen and oxygen atoms in total. The summed E-state index contributed by atoms with van der Waals surface area (Å²) in [5.74, 6) is 3.16. The quantitative estimate of drug-likeness (QED) is 0.632. The van der Waals surface area contributed by atoms with E-state index in [1.165, 1.54) is 4.68 Å². The van der Waals surface area contributed by atoms with Gasteiger partial charge >= 0.3 is 0 Å². The number of nitrogens with two attached hydrogens (primary N) is 1. The molecule has 0 aliphatic carbocycles. The smallest absolute Gasteiger partial charge is 0.192 e. The Balaban J connectivity index is 2.67. The number of nitrogens with one attached hydrogen (secondary N) is 1. The fourth-order valence-corrected chi connectivity index (χ4v) is 1.63. The topological polar surface area (TPSA) is 68.8 Å².